The van der Waals surface area contributed by atoms with E-state index in [-0.39, 0.29) is 6.04 Å². The van der Waals surface area contributed by atoms with Crippen molar-refractivity contribution in [3.63, 3.8) is 0 Å². The first kappa shape index (κ1) is 11.9. The average molecular weight is 345 g/mol. The van der Waals surface area contributed by atoms with Crippen LogP contribution in [0.15, 0.2) is 30.0 Å². The van der Waals surface area contributed by atoms with Crippen molar-refractivity contribution >= 4 is 33.9 Å². The van der Waals surface area contributed by atoms with Crippen molar-refractivity contribution < 1.29 is 0 Å². The summed E-state index contributed by atoms with van der Waals surface area (Å²) < 4.78 is 1.29. The molecule has 3 nitrogen and oxygen atoms in total. The lowest BCUT2D eigenvalue weighted by atomic mass is 10.1. The molecule has 0 radical (unpaired) electrons. The second-order valence-electron chi connectivity index (χ2n) is 3.31. The van der Waals surface area contributed by atoms with Gasteiger partial charge in [0.1, 0.15) is 0 Å². The SMILES string of the molecule is CCNC(c1csc(I)c1)c1cnccn1. The third kappa shape index (κ3) is 2.78. The summed E-state index contributed by atoms with van der Waals surface area (Å²) in [4.78, 5) is 8.48. The van der Waals surface area contributed by atoms with Crippen molar-refractivity contribution in [3.05, 3.63) is 44.2 Å². The van der Waals surface area contributed by atoms with E-state index in [1.165, 1.54) is 8.45 Å². The topological polar surface area (TPSA) is 37.8 Å². The van der Waals surface area contributed by atoms with E-state index in [0.717, 1.165) is 12.2 Å². The van der Waals surface area contributed by atoms with Gasteiger partial charge in [-0.3, -0.25) is 9.97 Å². The first-order valence-electron chi connectivity index (χ1n) is 5.04. The Balaban J connectivity index is 2.31. The van der Waals surface area contributed by atoms with Gasteiger partial charge in [-0.2, -0.15) is 0 Å². The summed E-state index contributed by atoms with van der Waals surface area (Å²) in [6.45, 7) is 3.01. The lowest BCUT2D eigenvalue weighted by Gasteiger charge is -2.15. The van der Waals surface area contributed by atoms with Crippen molar-refractivity contribution in [3.8, 4) is 0 Å². The lowest BCUT2D eigenvalue weighted by molar-refractivity contribution is 0.614. The van der Waals surface area contributed by atoms with E-state index in [1.54, 1.807) is 23.7 Å². The first-order chi connectivity index (χ1) is 7.81. The molecule has 0 spiro atoms. The van der Waals surface area contributed by atoms with Gasteiger partial charge >= 0.3 is 0 Å². The molecule has 0 fully saturated rings. The Kier molecular flexibility index (Phi) is 4.25. The van der Waals surface area contributed by atoms with Crippen LogP contribution < -0.4 is 5.32 Å². The molecule has 2 rings (SSSR count). The fourth-order valence-electron chi connectivity index (χ4n) is 1.53. The maximum Gasteiger partial charge on any atom is 0.0801 e. The number of nitrogens with zero attached hydrogens (tertiary/aromatic N) is 2. The molecule has 84 valence electrons. The van der Waals surface area contributed by atoms with Crippen LogP contribution in [0.2, 0.25) is 0 Å². The van der Waals surface area contributed by atoms with Crippen molar-refractivity contribution in [1.82, 2.24) is 15.3 Å². The fourth-order valence-corrected chi connectivity index (χ4v) is 2.93. The Labute approximate surface area is 112 Å². The number of aromatic nitrogens is 2. The number of halogens is 1. The number of hydrogen-bond donors (Lipinski definition) is 1. The summed E-state index contributed by atoms with van der Waals surface area (Å²) in [7, 11) is 0. The smallest absolute Gasteiger partial charge is 0.0801 e. The molecule has 2 aromatic rings. The van der Waals surface area contributed by atoms with Gasteiger partial charge in [-0.15, -0.1) is 11.3 Å². The molecular formula is C11H12IN3S. The number of hydrogen-bond acceptors (Lipinski definition) is 4. The second-order valence-corrected chi connectivity index (χ2v) is 6.11. The summed E-state index contributed by atoms with van der Waals surface area (Å²) in [5.74, 6) is 0. The largest absolute Gasteiger partial charge is 0.305 e. The predicted octanol–water partition coefficient (Wildman–Crippen LogP) is 2.84. The normalized spacial score (nSPS) is 12.6. The maximum absolute atomic E-state index is 4.36. The molecule has 2 aromatic heterocycles. The molecule has 0 aliphatic rings. The van der Waals surface area contributed by atoms with Gasteiger partial charge in [0.15, 0.2) is 0 Å². The monoisotopic (exact) mass is 345 g/mol. The van der Waals surface area contributed by atoms with Crippen LogP contribution in [0.1, 0.15) is 24.2 Å². The molecule has 0 amide bonds. The molecule has 5 heteroatoms. The van der Waals surface area contributed by atoms with Gasteiger partial charge in [0.2, 0.25) is 0 Å². The zero-order chi connectivity index (χ0) is 11.4. The summed E-state index contributed by atoms with van der Waals surface area (Å²) in [6, 6.07) is 2.34. The molecule has 0 bridgehead atoms. The van der Waals surface area contributed by atoms with Crippen LogP contribution >= 0.6 is 33.9 Å². The highest BCUT2D eigenvalue weighted by Gasteiger charge is 2.15. The van der Waals surface area contributed by atoms with E-state index >= 15 is 0 Å². The number of nitrogens with one attached hydrogen (secondary N) is 1. The molecule has 0 aliphatic carbocycles. The van der Waals surface area contributed by atoms with E-state index in [1.807, 2.05) is 6.20 Å². The van der Waals surface area contributed by atoms with E-state index < -0.39 is 0 Å². The predicted molar refractivity (Wildman–Crippen MR) is 74.6 cm³/mol. The molecule has 1 atom stereocenters. The molecule has 0 aliphatic heterocycles. The van der Waals surface area contributed by atoms with Crippen LogP contribution in [0.25, 0.3) is 0 Å². The van der Waals surface area contributed by atoms with E-state index in [0.29, 0.717) is 0 Å². The minimum atomic E-state index is 0.151. The van der Waals surface area contributed by atoms with E-state index in [4.69, 9.17) is 0 Å². The van der Waals surface area contributed by atoms with Crippen molar-refractivity contribution in [1.29, 1.82) is 0 Å². The van der Waals surface area contributed by atoms with Gasteiger partial charge in [0, 0.05) is 12.4 Å². The summed E-state index contributed by atoms with van der Waals surface area (Å²) in [6.07, 6.45) is 5.25. The minimum Gasteiger partial charge on any atom is -0.305 e. The maximum atomic E-state index is 4.36. The highest BCUT2D eigenvalue weighted by Crippen LogP contribution is 2.25. The molecular weight excluding hydrogens is 333 g/mol. The third-order valence-electron chi connectivity index (χ3n) is 2.21. The number of thiophene rings is 1. The molecule has 0 aromatic carbocycles. The fraction of sp³-hybridized carbons (Fsp3) is 0.273. The summed E-state index contributed by atoms with van der Waals surface area (Å²) >= 11 is 4.09. The van der Waals surface area contributed by atoms with Crippen LogP contribution in [0.5, 0.6) is 0 Å². The average Bonchev–Trinajstić information content (AvgIpc) is 2.74. The Morgan fingerprint density at radius 3 is 2.94 bits per heavy atom. The van der Waals surface area contributed by atoms with E-state index in [9.17, 15) is 0 Å². The molecule has 0 saturated heterocycles. The van der Waals surface area contributed by atoms with Crippen molar-refractivity contribution in [2.24, 2.45) is 0 Å². The van der Waals surface area contributed by atoms with Crippen LogP contribution in [0, 0.1) is 2.88 Å². The van der Waals surface area contributed by atoms with Crippen molar-refractivity contribution in [2.45, 2.75) is 13.0 Å². The highest BCUT2D eigenvalue weighted by atomic mass is 127. The molecule has 0 saturated carbocycles. The standard InChI is InChI=1S/C11H12IN3S/c1-2-14-11(8-5-10(12)16-7-8)9-6-13-3-4-15-9/h3-7,11,14H,2H2,1H3. The molecule has 2 heterocycles. The summed E-state index contributed by atoms with van der Waals surface area (Å²) in [5, 5.41) is 5.60. The molecule has 1 unspecified atom stereocenters. The van der Waals surface area contributed by atoms with Crippen LogP contribution in [-0.2, 0) is 0 Å². The summed E-state index contributed by atoms with van der Waals surface area (Å²) in [5.41, 5.74) is 2.23. The first-order valence-corrected chi connectivity index (χ1v) is 7.00. The van der Waals surface area contributed by atoms with Crippen LogP contribution in [0.4, 0.5) is 0 Å². The minimum absolute atomic E-state index is 0.151. The molecule has 16 heavy (non-hydrogen) atoms. The van der Waals surface area contributed by atoms with Gasteiger partial charge in [-0.05, 0) is 46.1 Å². The van der Waals surface area contributed by atoms with Crippen LogP contribution in [-0.4, -0.2) is 16.5 Å². The zero-order valence-corrected chi connectivity index (χ0v) is 11.8. The zero-order valence-electron chi connectivity index (χ0n) is 8.85. The Morgan fingerprint density at radius 1 is 1.50 bits per heavy atom. The Hall–Kier alpha value is -0.530. The van der Waals surface area contributed by atoms with E-state index in [2.05, 4.69) is 56.2 Å². The lowest BCUT2D eigenvalue weighted by Crippen LogP contribution is -2.22. The van der Waals surface area contributed by atoms with Crippen LogP contribution in [0.3, 0.4) is 0 Å². The van der Waals surface area contributed by atoms with Crippen molar-refractivity contribution in [2.75, 3.05) is 6.54 Å². The number of rotatable bonds is 4. The van der Waals surface area contributed by atoms with Gasteiger partial charge in [0.05, 0.1) is 20.8 Å². The van der Waals surface area contributed by atoms with Gasteiger partial charge in [0.25, 0.3) is 0 Å². The highest BCUT2D eigenvalue weighted by molar-refractivity contribution is 14.1. The van der Waals surface area contributed by atoms with Gasteiger partial charge in [-0.1, -0.05) is 6.92 Å². The second kappa shape index (κ2) is 5.70. The van der Waals surface area contributed by atoms with Gasteiger partial charge < -0.3 is 5.32 Å². The quantitative estimate of drug-likeness (QED) is 0.866. The third-order valence-corrected chi connectivity index (χ3v) is 4.02. The molecule has 1 N–H and O–H groups in total. The van der Waals surface area contributed by atoms with Gasteiger partial charge in [-0.25, -0.2) is 0 Å². The Morgan fingerprint density at radius 2 is 2.38 bits per heavy atom. The Bertz CT molecular complexity index is 444.